The highest BCUT2D eigenvalue weighted by molar-refractivity contribution is 5.99. The van der Waals surface area contributed by atoms with Crippen LogP contribution in [0.3, 0.4) is 0 Å². The smallest absolute Gasteiger partial charge is 0.253 e. The van der Waals surface area contributed by atoms with Gasteiger partial charge < -0.3 is 25.4 Å². The number of carbonyl (C=O) groups excluding carboxylic acids is 1. The Labute approximate surface area is 212 Å². The number of nitrogens with zero attached hydrogens (tertiary/aromatic N) is 1. The Kier molecular flexibility index (Phi) is 7.76. The second-order valence-corrected chi connectivity index (χ2v) is 9.42. The Balaban J connectivity index is 1.64. The summed E-state index contributed by atoms with van der Waals surface area (Å²) in [5.74, 6) is 0.601. The number of amides is 1. The van der Waals surface area contributed by atoms with Crippen molar-refractivity contribution in [2.75, 3.05) is 25.2 Å². The third kappa shape index (κ3) is 5.45. The molecule has 36 heavy (non-hydrogen) atoms. The molecule has 190 valence electrons. The number of aryl methyl sites for hydroxylation is 2. The predicted octanol–water partition coefficient (Wildman–Crippen LogP) is 3.42. The summed E-state index contributed by atoms with van der Waals surface area (Å²) in [4.78, 5) is 28.7. The molecule has 3 aromatic rings. The summed E-state index contributed by atoms with van der Waals surface area (Å²) in [5.41, 5.74) is 9.95. The molecule has 0 fully saturated rings. The maximum atomic E-state index is 13.4. The summed E-state index contributed by atoms with van der Waals surface area (Å²) in [7, 11) is 1.89. The second-order valence-electron chi connectivity index (χ2n) is 9.42. The lowest BCUT2D eigenvalue weighted by molar-refractivity contribution is 0.0950. The number of aromatic nitrogens is 1. The molecule has 0 spiro atoms. The van der Waals surface area contributed by atoms with Crippen molar-refractivity contribution in [2.45, 2.75) is 46.8 Å². The van der Waals surface area contributed by atoms with E-state index in [9.17, 15) is 9.59 Å². The Bertz CT molecular complexity index is 1300. The lowest BCUT2D eigenvalue weighted by Crippen LogP contribution is -2.38. The van der Waals surface area contributed by atoms with Crippen LogP contribution in [-0.2, 0) is 13.1 Å². The number of hydrogen-bond acceptors (Lipinski definition) is 6. The molecule has 0 saturated carbocycles. The minimum atomic E-state index is -0.202. The van der Waals surface area contributed by atoms with Crippen molar-refractivity contribution in [3.05, 3.63) is 80.8 Å². The van der Waals surface area contributed by atoms with Crippen molar-refractivity contribution in [1.29, 1.82) is 0 Å². The van der Waals surface area contributed by atoms with Crippen LogP contribution in [0.1, 0.15) is 46.6 Å². The van der Waals surface area contributed by atoms with E-state index >= 15 is 0 Å². The number of benzene rings is 2. The number of H-pyrrole nitrogens is 1. The predicted molar refractivity (Wildman–Crippen MR) is 143 cm³/mol. The van der Waals surface area contributed by atoms with Crippen LogP contribution in [0, 0.1) is 13.8 Å². The van der Waals surface area contributed by atoms with E-state index in [0.29, 0.717) is 24.3 Å². The molecule has 1 aliphatic heterocycles. The molecule has 0 saturated heterocycles. The van der Waals surface area contributed by atoms with Crippen LogP contribution in [0.4, 0.5) is 5.69 Å². The number of pyridine rings is 1. The van der Waals surface area contributed by atoms with Gasteiger partial charge in [-0.05, 0) is 81.8 Å². The van der Waals surface area contributed by atoms with Gasteiger partial charge in [0.1, 0.15) is 12.4 Å². The average Bonchev–Trinajstić information content (AvgIpc) is 3.27. The van der Waals surface area contributed by atoms with E-state index in [1.165, 1.54) is 0 Å². The zero-order valence-electron chi connectivity index (χ0n) is 21.6. The van der Waals surface area contributed by atoms with Gasteiger partial charge in [-0.1, -0.05) is 12.1 Å². The van der Waals surface area contributed by atoms with Gasteiger partial charge in [-0.2, -0.15) is 0 Å². The molecule has 0 unspecified atom stereocenters. The van der Waals surface area contributed by atoms with E-state index in [1.807, 2.05) is 57.3 Å². The monoisotopic (exact) mass is 489 g/mol. The third-order valence-electron chi connectivity index (χ3n) is 6.40. The molecule has 8 heteroatoms. The summed E-state index contributed by atoms with van der Waals surface area (Å²) in [6, 6.07) is 14.1. The Morgan fingerprint density at radius 2 is 1.86 bits per heavy atom. The molecule has 1 aliphatic rings. The van der Waals surface area contributed by atoms with E-state index in [1.54, 1.807) is 0 Å². The van der Waals surface area contributed by atoms with Crippen LogP contribution in [0.5, 0.6) is 5.75 Å². The number of nitrogens with one attached hydrogen (secondary N) is 4. The first-order valence-electron chi connectivity index (χ1n) is 12.3. The van der Waals surface area contributed by atoms with Crippen LogP contribution in [-0.4, -0.2) is 37.1 Å². The normalized spacial score (nSPS) is 12.7. The van der Waals surface area contributed by atoms with Crippen molar-refractivity contribution in [1.82, 2.24) is 21.0 Å². The topological polar surface area (TPSA) is 98.5 Å². The maximum Gasteiger partial charge on any atom is 0.253 e. The largest absolute Gasteiger partial charge is 0.492 e. The fourth-order valence-corrected chi connectivity index (χ4v) is 4.52. The fraction of sp³-hybridized carbons (Fsp3) is 0.357. The molecule has 8 nitrogen and oxygen atoms in total. The number of ether oxygens (including phenoxy) is 1. The standard InChI is InChI=1S/C28H35N5O3/c1-17(2)33-26-14-21(20-6-8-22(9-7-20)36-11-10-29-5)13-23(25(26)16-31-33)27(34)30-15-24-18(3)12-19(4)32-28(24)35/h6-9,12-14,17,29,31H,10-11,15-16H2,1-5H3,(H,30,34)(H,32,35). The summed E-state index contributed by atoms with van der Waals surface area (Å²) < 4.78 is 5.75. The van der Waals surface area contributed by atoms with Crippen LogP contribution in [0.2, 0.25) is 0 Å². The third-order valence-corrected chi connectivity index (χ3v) is 6.40. The first-order valence-corrected chi connectivity index (χ1v) is 12.3. The first-order chi connectivity index (χ1) is 17.3. The van der Waals surface area contributed by atoms with Gasteiger partial charge in [0.05, 0.1) is 5.69 Å². The molecular weight excluding hydrogens is 454 g/mol. The van der Waals surface area contributed by atoms with Gasteiger partial charge in [0.2, 0.25) is 0 Å². The highest BCUT2D eigenvalue weighted by Gasteiger charge is 2.27. The van der Waals surface area contributed by atoms with E-state index in [-0.39, 0.29) is 24.1 Å². The molecular formula is C28H35N5O3. The molecule has 1 aromatic heterocycles. The van der Waals surface area contributed by atoms with Gasteiger partial charge >= 0.3 is 0 Å². The van der Waals surface area contributed by atoms with Gasteiger partial charge in [0.25, 0.3) is 11.5 Å². The van der Waals surface area contributed by atoms with Gasteiger partial charge in [0.15, 0.2) is 0 Å². The Hall–Kier alpha value is -3.62. The Morgan fingerprint density at radius 1 is 1.11 bits per heavy atom. The highest BCUT2D eigenvalue weighted by atomic mass is 16.5. The Morgan fingerprint density at radius 3 is 2.53 bits per heavy atom. The summed E-state index contributed by atoms with van der Waals surface area (Å²) >= 11 is 0. The van der Waals surface area contributed by atoms with Crippen LogP contribution < -0.4 is 31.4 Å². The van der Waals surface area contributed by atoms with Crippen LogP contribution >= 0.6 is 0 Å². The number of aromatic amines is 1. The summed E-state index contributed by atoms with van der Waals surface area (Å²) in [6.07, 6.45) is 0. The van der Waals surface area contributed by atoms with Crippen molar-refractivity contribution in [3.8, 4) is 16.9 Å². The number of hydrazine groups is 1. The van der Waals surface area contributed by atoms with E-state index in [4.69, 9.17) is 4.74 Å². The molecule has 4 N–H and O–H groups in total. The molecule has 4 rings (SSSR count). The number of hydrogen-bond donors (Lipinski definition) is 4. The van der Waals surface area contributed by atoms with Crippen molar-refractivity contribution >= 4 is 11.6 Å². The van der Waals surface area contributed by atoms with Crippen LogP contribution in [0.15, 0.2) is 47.3 Å². The number of anilines is 1. The van der Waals surface area contributed by atoms with Crippen molar-refractivity contribution in [2.24, 2.45) is 0 Å². The number of rotatable bonds is 9. The minimum Gasteiger partial charge on any atom is -0.492 e. The first kappa shape index (κ1) is 25.5. The minimum absolute atomic E-state index is 0.166. The quantitative estimate of drug-likeness (QED) is 0.344. The molecule has 2 aromatic carbocycles. The number of fused-ring (bicyclic) bond motifs is 1. The second kappa shape index (κ2) is 11.0. The fourth-order valence-electron chi connectivity index (χ4n) is 4.52. The molecule has 0 aliphatic carbocycles. The van der Waals surface area contributed by atoms with Gasteiger partial charge in [0, 0.05) is 48.1 Å². The maximum absolute atomic E-state index is 13.4. The summed E-state index contributed by atoms with van der Waals surface area (Å²) in [6.45, 7) is 10.1. The van der Waals surface area contributed by atoms with Crippen molar-refractivity contribution in [3.63, 3.8) is 0 Å². The molecule has 0 radical (unpaired) electrons. The van der Waals surface area contributed by atoms with Crippen LogP contribution in [0.25, 0.3) is 11.1 Å². The number of carbonyl (C=O) groups is 1. The van der Waals surface area contributed by atoms with Gasteiger partial charge in [-0.3, -0.25) is 9.59 Å². The average molecular weight is 490 g/mol. The van der Waals surface area contributed by atoms with E-state index in [0.717, 1.165) is 45.9 Å². The van der Waals surface area contributed by atoms with E-state index < -0.39 is 0 Å². The zero-order valence-corrected chi connectivity index (χ0v) is 21.6. The number of likely N-dealkylation sites (N-methyl/N-ethyl adjacent to an activating group) is 1. The summed E-state index contributed by atoms with van der Waals surface area (Å²) in [5, 5.41) is 8.14. The van der Waals surface area contributed by atoms with Gasteiger partial charge in [-0.25, -0.2) is 5.43 Å². The van der Waals surface area contributed by atoms with Gasteiger partial charge in [-0.15, -0.1) is 0 Å². The SMILES string of the molecule is CNCCOc1ccc(-c2cc(C(=O)NCc3c(C)cc(C)[nH]c3=O)c3c(c2)N(C(C)C)NC3)cc1. The lowest BCUT2D eigenvalue weighted by Gasteiger charge is -2.24. The van der Waals surface area contributed by atoms with Crippen molar-refractivity contribution < 1.29 is 9.53 Å². The van der Waals surface area contributed by atoms with E-state index in [2.05, 4.69) is 46.0 Å². The zero-order chi connectivity index (χ0) is 25.8. The molecule has 2 heterocycles. The molecule has 0 atom stereocenters. The highest BCUT2D eigenvalue weighted by Crippen LogP contribution is 2.35. The molecule has 0 bridgehead atoms. The lowest BCUT2D eigenvalue weighted by atomic mass is 9.96. The molecule has 1 amide bonds.